The van der Waals surface area contributed by atoms with Crippen molar-refractivity contribution in [1.82, 2.24) is 0 Å². The summed E-state index contributed by atoms with van der Waals surface area (Å²) in [6.45, 7) is 0. The normalized spacial score (nSPS) is 12.5. The number of guanidine groups is 1. The van der Waals surface area contributed by atoms with Gasteiger partial charge < -0.3 is 9.80 Å². The average Bonchev–Trinajstić information content (AvgIpc) is 3.08. The van der Waals surface area contributed by atoms with Gasteiger partial charge in [-0.15, -0.1) is 0 Å². The predicted octanol–water partition coefficient (Wildman–Crippen LogP) is 5.97. The van der Waals surface area contributed by atoms with Crippen molar-refractivity contribution < 1.29 is 0 Å². The molecule has 3 nitrogen and oxygen atoms in total. The minimum absolute atomic E-state index is 0.434. The van der Waals surface area contributed by atoms with E-state index in [2.05, 4.69) is 62.2 Å². The highest BCUT2D eigenvalue weighted by Gasteiger charge is 2.22. The van der Waals surface area contributed by atoms with E-state index in [1.54, 1.807) is 0 Å². The quantitative estimate of drug-likeness (QED) is 0.367. The highest BCUT2D eigenvalue weighted by Crippen LogP contribution is 2.37. The molecule has 0 spiro atoms. The topological polar surface area (TPSA) is 30.3 Å². The number of hydrogen-bond acceptors (Lipinski definition) is 1. The van der Waals surface area contributed by atoms with Crippen molar-refractivity contribution in [3.05, 3.63) is 68.6 Å². The molecule has 0 aromatic heterocycles. The summed E-state index contributed by atoms with van der Waals surface area (Å²) in [6, 6.07) is 16.8. The van der Waals surface area contributed by atoms with Gasteiger partial charge >= 0.3 is 0 Å². The zero-order valence-corrected chi connectivity index (χ0v) is 17.9. The van der Waals surface area contributed by atoms with E-state index in [0.29, 0.717) is 5.96 Å². The zero-order chi connectivity index (χ0) is 18.4. The van der Waals surface area contributed by atoms with E-state index in [-0.39, 0.29) is 0 Å². The van der Waals surface area contributed by atoms with Gasteiger partial charge in [-0.2, -0.15) is 0 Å². The van der Waals surface area contributed by atoms with Gasteiger partial charge in [0.2, 0.25) is 5.96 Å². The fraction of sp³-hybridized carbons (Fsp3) is 0.190. The van der Waals surface area contributed by atoms with Crippen molar-refractivity contribution in [2.24, 2.45) is 0 Å². The standard InChI is InChI=1S/C21H19Br2N3/c1-25(21(24)26(2)19-12-15(22)8-10-17(19)23)18-11-7-14-5-3-4-13-6-9-16(18)20(13)14/h3-5,7-8,10-12,24H,6,9H2,1-2H3. The van der Waals surface area contributed by atoms with Crippen LogP contribution in [0.15, 0.2) is 57.5 Å². The first-order valence-electron chi connectivity index (χ1n) is 8.52. The van der Waals surface area contributed by atoms with Crippen LogP contribution in [0.4, 0.5) is 11.4 Å². The van der Waals surface area contributed by atoms with Crippen LogP contribution < -0.4 is 9.80 Å². The summed E-state index contributed by atoms with van der Waals surface area (Å²) in [5.74, 6) is 0.434. The second kappa shape index (κ2) is 6.71. The van der Waals surface area contributed by atoms with Crippen LogP contribution in [0.5, 0.6) is 0 Å². The monoisotopic (exact) mass is 471 g/mol. The van der Waals surface area contributed by atoms with E-state index in [9.17, 15) is 0 Å². The molecular formula is C21H19Br2N3. The van der Waals surface area contributed by atoms with Crippen LogP contribution >= 0.6 is 31.9 Å². The predicted molar refractivity (Wildman–Crippen MR) is 118 cm³/mol. The summed E-state index contributed by atoms with van der Waals surface area (Å²) in [4.78, 5) is 3.87. The number of rotatable bonds is 2. The molecule has 0 amide bonds. The van der Waals surface area contributed by atoms with Gasteiger partial charge in [0.05, 0.1) is 5.69 Å². The van der Waals surface area contributed by atoms with E-state index in [4.69, 9.17) is 5.41 Å². The van der Waals surface area contributed by atoms with Crippen LogP contribution in [-0.2, 0) is 12.8 Å². The Hall–Kier alpha value is -1.85. The van der Waals surface area contributed by atoms with E-state index in [0.717, 1.165) is 33.2 Å². The van der Waals surface area contributed by atoms with E-state index in [1.807, 2.05) is 42.1 Å². The Morgan fingerprint density at radius 1 is 0.923 bits per heavy atom. The number of benzene rings is 3. The molecule has 0 radical (unpaired) electrons. The van der Waals surface area contributed by atoms with E-state index >= 15 is 0 Å². The third-order valence-electron chi connectivity index (χ3n) is 5.13. The van der Waals surface area contributed by atoms with E-state index in [1.165, 1.54) is 21.9 Å². The zero-order valence-electron chi connectivity index (χ0n) is 14.7. The van der Waals surface area contributed by atoms with Crippen LogP contribution in [0.1, 0.15) is 11.1 Å². The Bertz CT molecular complexity index is 1030. The molecule has 0 atom stereocenters. The lowest BCUT2D eigenvalue weighted by Crippen LogP contribution is -2.40. The molecule has 3 aromatic carbocycles. The minimum atomic E-state index is 0.434. The fourth-order valence-corrected chi connectivity index (χ4v) is 4.62. The summed E-state index contributed by atoms with van der Waals surface area (Å²) in [5, 5.41) is 11.4. The van der Waals surface area contributed by atoms with E-state index < -0.39 is 0 Å². The summed E-state index contributed by atoms with van der Waals surface area (Å²) >= 11 is 7.12. The number of aryl methyl sites for hydroxylation is 2. The number of halogens is 2. The summed E-state index contributed by atoms with van der Waals surface area (Å²) < 4.78 is 1.96. The first-order valence-corrected chi connectivity index (χ1v) is 10.1. The lowest BCUT2D eigenvalue weighted by molar-refractivity contribution is 1.01. The second-order valence-electron chi connectivity index (χ2n) is 6.62. The maximum atomic E-state index is 8.76. The Morgan fingerprint density at radius 2 is 1.69 bits per heavy atom. The summed E-state index contributed by atoms with van der Waals surface area (Å²) in [6.07, 6.45) is 2.12. The minimum Gasteiger partial charge on any atom is -0.315 e. The molecule has 0 saturated carbocycles. The largest absolute Gasteiger partial charge is 0.315 e. The molecule has 0 aliphatic heterocycles. The maximum absolute atomic E-state index is 8.76. The molecule has 132 valence electrons. The lowest BCUT2D eigenvalue weighted by Gasteiger charge is -2.30. The van der Waals surface area contributed by atoms with Gasteiger partial charge in [0.25, 0.3) is 0 Å². The molecule has 1 N–H and O–H groups in total. The van der Waals surface area contributed by atoms with Crippen LogP contribution in [0.3, 0.4) is 0 Å². The Morgan fingerprint density at radius 3 is 2.50 bits per heavy atom. The number of hydrogen-bond donors (Lipinski definition) is 1. The molecule has 3 aromatic rings. The first kappa shape index (κ1) is 17.6. The molecule has 0 heterocycles. The van der Waals surface area contributed by atoms with Gasteiger partial charge in [-0.25, -0.2) is 0 Å². The van der Waals surface area contributed by atoms with Crippen molar-refractivity contribution in [1.29, 1.82) is 5.41 Å². The molecule has 26 heavy (non-hydrogen) atoms. The highest BCUT2D eigenvalue weighted by atomic mass is 79.9. The van der Waals surface area contributed by atoms with Crippen LogP contribution in [-0.4, -0.2) is 20.1 Å². The van der Waals surface area contributed by atoms with Gasteiger partial charge in [-0.1, -0.05) is 40.2 Å². The van der Waals surface area contributed by atoms with Crippen LogP contribution in [0, 0.1) is 5.41 Å². The Kier molecular flexibility index (Phi) is 4.53. The second-order valence-corrected chi connectivity index (χ2v) is 8.39. The van der Waals surface area contributed by atoms with Gasteiger partial charge in [-0.3, -0.25) is 5.41 Å². The number of nitrogens with one attached hydrogen (secondary N) is 1. The molecule has 0 unspecified atom stereocenters. The van der Waals surface area contributed by atoms with Crippen molar-refractivity contribution in [3.63, 3.8) is 0 Å². The molecular weight excluding hydrogens is 454 g/mol. The summed E-state index contributed by atoms with van der Waals surface area (Å²) in [7, 11) is 3.90. The lowest BCUT2D eigenvalue weighted by atomic mass is 10.0. The Labute approximate surface area is 170 Å². The highest BCUT2D eigenvalue weighted by molar-refractivity contribution is 9.11. The molecule has 1 aliphatic rings. The van der Waals surface area contributed by atoms with Crippen molar-refractivity contribution in [3.8, 4) is 0 Å². The average molecular weight is 473 g/mol. The molecule has 5 heteroatoms. The molecule has 0 fully saturated rings. The maximum Gasteiger partial charge on any atom is 0.202 e. The SMILES string of the molecule is CN(C(=N)N(C)c1ccc2cccc3c2c1CC3)c1cc(Br)ccc1Br. The fourth-order valence-electron chi connectivity index (χ4n) is 3.76. The molecule has 1 aliphatic carbocycles. The van der Waals surface area contributed by atoms with Crippen molar-refractivity contribution in [2.45, 2.75) is 12.8 Å². The van der Waals surface area contributed by atoms with Crippen LogP contribution in [0.2, 0.25) is 0 Å². The van der Waals surface area contributed by atoms with Crippen LogP contribution in [0.25, 0.3) is 10.8 Å². The Balaban J connectivity index is 1.72. The van der Waals surface area contributed by atoms with Gasteiger partial charge in [0.1, 0.15) is 0 Å². The van der Waals surface area contributed by atoms with Crippen molar-refractivity contribution in [2.75, 3.05) is 23.9 Å². The van der Waals surface area contributed by atoms with Gasteiger partial charge in [0, 0.05) is 28.7 Å². The third kappa shape index (κ3) is 2.83. The van der Waals surface area contributed by atoms with Crippen molar-refractivity contribution >= 4 is 60.0 Å². The molecule has 0 saturated heterocycles. The smallest absolute Gasteiger partial charge is 0.202 e. The molecule has 4 rings (SSSR count). The molecule has 0 bridgehead atoms. The third-order valence-corrected chi connectivity index (χ3v) is 6.29. The number of nitrogens with zero attached hydrogens (tertiary/aromatic N) is 2. The first-order chi connectivity index (χ1) is 12.5. The summed E-state index contributed by atoms with van der Waals surface area (Å²) in [5.41, 5.74) is 4.84. The van der Waals surface area contributed by atoms with Gasteiger partial charge in [-0.05, 0) is 74.9 Å². The van der Waals surface area contributed by atoms with Gasteiger partial charge in [0.15, 0.2) is 0 Å². The number of anilines is 2.